The summed E-state index contributed by atoms with van der Waals surface area (Å²) in [6.07, 6.45) is -4.62. The number of alkyl halides is 3. The Kier molecular flexibility index (Phi) is 3.46. The Bertz CT molecular complexity index is 1110. The monoisotopic (exact) mass is 362 g/mol. The molecule has 4 rings (SSSR count). The fourth-order valence-electron chi connectivity index (χ4n) is 2.44. The van der Waals surface area contributed by atoms with E-state index >= 15 is 0 Å². The molecule has 3 heterocycles. The predicted octanol–water partition coefficient (Wildman–Crippen LogP) is 3.86. The lowest BCUT2D eigenvalue weighted by molar-refractivity contribution is -0.141. The van der Waals surface area contributed by atoms with E-state index in [1.54, 1.807) is 41.8 Å². The number of halogens is 3. The second-order valence-corrected chi connectivity index (χ2v) is 6.16. The first kappa shape index (κ1) is 15.6. The molecule has 0 atom stereocenters. The van der Waals surface area contributed by atoms with Crippen LogP contribution in [0.1, 0.15) is 5.69 Å². The van der Waals surface area contributed by atoms with Crippen molar-refractivity contribution in [2.75, 3.05) is 0 Å². The number of nitrogens with zero attached hydrogens (tertiary/aromatic N) is 3. The number of thiophene rings is 1. The molecule has 0 aliphatic heterocycles. The van der Waals surface area contributed by atoms with Crippen molar-refractivity contribution in [2.45, 2.75) is 6.18 Å². The molecule has 4 aromatic rings. The summed E-state index contributed by atoms with van der Waals surface area (Å²) in [6, 6.07) is 11.1. The molecule has 0 unspecified atom stereocenters. The van der Waals surface area contributed by atoms with Crippen LogP contribution < -0.4 is 5.56 Å². The van der Waals surface area contributed by atoms with Crippen LogP contribution in [0, 0.1) is 0 Å². The number of H-pyrrole nitrogens is 1. The van der Waals surface area contributed by atoms with Gasteiger partial charge in [0.25, 0.3) is 5.56 Å². The van der Waals surface area contributed by atoms with E-state index < -0.39 is 17.4 Å². The summed E-state index contributed by atoms with van der Waals surface area (Å²) in [5.41, 5.74) is -0.579. The van der Waals surface area contributed by atoms with Crippen molar-refractivity contribution in [3.63, 3.8) is 0 Å². The molecule has 5 nitrogen and oxygen atoms in total. The average Bonchev–Trinajstić information content (AvgIpc) is 3.22. The van der Waals surface area contributed by atoms with Crippen molar-refractivity contribution in [3.8, 4) is 16.4 Å². The largest absolute Gasteiger partial charge is 0.435 e. The normalized spacial score (nSPS) is 12.0. The van der Waals surface area contributed by atoms with E-state index in [1.807, 2.05) is 0 Å². The van der Waals surface area contributed by atoms with E-state index in [-0.39, 0.29) is 11.5 Å². The highest BCUT2D eigenvalue weighted by molar-refractivity contribution is 7.13. The van der Waals surface area contributed by atoms with E-state index in [4.69, 9.17) is 0 Å². The molecular weight excluding hydrogens is 353 g/mol. The molecule has 1 aromatic carbocycles. The number of benzene rings is 1. The smallest absolute Gasteiger partial charge is 0.317 e. The molecule has 0 bridgehead atoms. The Morgan fingerprint density at radius 1 is 1.12 bits per heavy atom. The molecule has 0 spiro atoms. The lowest BCUT2D eigenvalue weighted by Gasteiger charge is -2.06. The van der Waals surface area contributed by atoms with E-state index in [1.165, 1.54) is 11.3 Å². The molecule has 25 heavy (non-hydrogen) atoms. The third-order valence-corrected chi connectivity index (χ3v) is 4.45. The molecule has 126 valence electrons. The molecule has 0 saturated heterocycles. The van der Waals surface area contributed by atoms with Gasteiger partial charge in [0.15, 0.2) is 5.69 Å². The minimum absolute atomic E-state index is 0.163. The molecular formula is C16H9F3N4OS. The van der Waals surface area contributed by atoms with Crippen molar-refractivity contribution in [1.29, 1.82) is 0 Å². The van der Waals surface area contributed by atoms with Crippen molar-refractivity contribution in [1.82, 2.24) is 19.7 Å². The Morgan fingerprint density at radius 2 is 1.92 bits per heavy atom. The van der Waals surface area contributed by atoms with Crippen molar-refractivity contribution in [2.24, 2.45) is 0 Å². The molecule has 0 aliphatic rings. The Hall–Kier alpha value is -2.94. The van der Waals surface area contributed by atoms with Crippen LogP contribution in [-0.2, 0) is 6.18 Å². The zero-order valence-electron chi connectivity index (χ0n) is 12.4. The van der Waals surface area contributed by atoms with Gasteiger partial charge in [-0.05, 0) is 29.6 Å². The van der Waals surface area contributed by atoms with E-state index in [0.717, 1.165) is 10.7 Å². The van der Waals surface area contributed by atoms with Crippen LogP contribution in [0.5, 0.6) is 0 Å². The zero-order valence-corrected chi connectivity index (χ0v) is 13.2. The number of hydrogen-bond donors (Lipinski definition) is 1. The maximum Gasteiger partial charge on any atom is 0.435 e. The Morgan fingerprint density at radius 3 is 2.64 bits per heavy atom. The summed E-state index contributed by atoms with van der Waals surface area (Å²) in [6.45, 7) is 0. The Balaban J connectivity index is 2.00. The lowest BCUT2D eigenvalue weighted by atomic mass is 10.3. The van der Waals surface area contributed by atoms with E-state index in [2.05, 4.69) is 15.1 Å². The molecule has 0 amide bonds. The van der Waals surface area contributed by atoms with Crippen LogP contribution in [0.25, 0.3) is 27.4 Å². The van der Waals surface area contributed by atoms with Crippen LogP contribution in [-0.4, -0.2) is 19.7 Å². The minimum Gasteiger partial charge on any atom is -0.317 e. The summed E-state index contributed by atoms with van der Waals surface area (Å²) < 4.78 is 40.3. The van der Waals surface area contributed by atoms with Gasteiger partial charge in [-0.25, -0.2) is 9.67 Å². The van der Waals surface area contributed by atoms with Gasteiger partial charge in [0.2, 0.25) is 5.82 Å². The van der Waals surface area contributed by atoms with Gasteiger partial charge in [-0.15, -0.1) is 11.3 Å². The molecule has 0 aliphatic carbocycles. The van der Waals surface area contributed by atoms with E-state index in [0.29, 0.717) is 15.9 Å². The van der Waals surface area contributed by atoms with Gasteiger partial charge in [-0.2, -0.15) is 18.3 Å². The highest BCUT2D eigenvalue weighted by Gasteiger charge is 2.36. The number of rotatable bonds is 2. The first-order chi connectivity index (χ1) is 11.9. The standard InChI is InChI=1S/C16H9F3N4OS/c17-16(18,19)13-8-11(12-6-3-7-25-12)23(22-13)14-15(24)21-10-5-2-1-4-9(10)20-14/h1-8H,(H,21,24). The van der Waals surface area contributed by atoms with Gasteiger partial charge in [0.05, 0.1) is 21.6 Å². The van der Waals surface area contributed by atoms with Gasteiger partial charge in [-0.3, -0.25) is 4.79 Å². The van der Waals surface area contributed by atoms with Crippen LogP contribution in [0.2, 0.25) is 0 Å². The zero-order chi connectivity index (χ0) is 17.6. The first-order valence-corrected chi connectivity index (χ1v) is 8.02. The van der Waals surface area contributed by atoms with Crippen LogP contribution in [0.4, 0.5) is 13.2 Å². The maximum atomic E-state index is 13.1. The van der Waals surface area contributed by atoms with Crippen molar-refractivity contribution >= 4 is 22.4 Å². The second-order valence-electron chi connectivity index (χ2n) is 5.21. The quantitative estimate of drug-likeness (QED) is 0.589. The third-order valence-electron chi connectivity index (χ3n) is 3.56. The molecule has 1 N–H and O–H groups in total. The average molecular weight is 362 g/mol. The van der Waals surface area contributed by atoms with Gasteiger partial charge in [-0.1, -0.05) is 18.2 Å². The van der Waals surface area contributed by atoms with Gasteiger partial charge in [0.1, 0.15) is 0 Å². The van der Waals surface area contributed by atoms with Crippen LogP contribution in [0.3, 0.4) is 0 Å². The number of aromatic amines is 1. The first-order valence-electron chi connectivity index (χ1n) is 7.14. The lowest BCUT2D eigenvalue weighted by Crippen LogP contribution is -2.19. The highest BCUT2D eigenvalue weighted by atomic mass is 32.1. The number of aromatic nitrogens is 4. The SMILES string of the molecule is O=c1[nH]c2ccccc2nc1-n1nc(C(F)(F)F)cc1-c1cccs1. The fourth-order valence-corrected chi connectivity index (χ4v) is 3.17. The molecule has 9 heteroatoms. The van der Waals surface area contributed by atoms with Gasteiger partial charge >= 0.3 is 6.18 Å². The Labute approximate surface area is 142 Å². The topological polar surface area (TPSA) is 63.6 Å². The summed E-state index contributed by atoms with van der Waals surface area (Å²) in [4.78, 5) is 19.7. The third kappa shape index (κ3) is 2.72. The van der Waals surface area contributed by atoms with E-state index in [9.17, 15) is 18.0 Å². The summed E-state index contributed by atoms with van der Waals surface area (Å²) >= 11 is 1.25. The van der Waals surface area contributed by atoms with Crippen LogP contribution >= 0.6 is 11.3 Å². The summed E-state index contributed by atoms with van der Waals surface area (Å²) in [5.74, 6) is -0.211. The number of fused-ring (bicyclic) bond motifs is 1. The number of nitrogens with one attached hydrogen (secondary N) is 1. The molecule has 3 aromatic heterocycles. The summed E-state index contributed by atoms with van der Waals surface area (Å²) in [7, 11) is 0. The molecule has 0 saturated carbocycles. The number of para-hydroxylation sites is 2. The maximum absolute atomic E-state index is 13.1. The van der Waals surface area contributed by atoms with Crippen molar-refractivity contribution < 1.29 is 13.2 Å². The molecule has 0 radical (unpaired) electrons. The highest BCUT2D eigenvalue weighted by Crippen LogP contribution is 2.34. The van der Waals surface area contributed by atoms with Gasteiger partial charge in [0, 0.05) is 0 Å². The minimum atomic E-state index is -4.62. The predicted molar refractivity (Wildman–Crippen MR) is 87.8 cm³/mol. The molecule has 0 fully saturated rings. The van der Waals surface area contributed by atoms with Gasteiger partial charge < -0.3 is 4.98 Å². The summed E-state index contributed by atoms with van der Waals surface area (Å²) in [5, 5.41) is 5.33. The number of hydrogen-bond acceptors (Lipinski definition) is 4. The second kappa shape index (κ2) is 5.55. The van der Waals surface area contributed by atoms with Crippen molar-refractivity contribution in [3.05, 3.63) is 63.9 Å². The van der Waals surface area contributed by atoms with Crippen LogP contribution in [0.15, 0.2) is 52.6 Å². The fraction of sp³-hybridized carbons (Fsp3) is 0.0625.